The van der Waals surface area contributed by atoms with Crippen LogP contribution in [-0.2, 0) is 6.54 Å². The van der Waals surface area contributed by atoms with Gasteiger partial charge in [0.05, 0.1) is 3.79 Å². The fourth-order valence-corrected chi connectivity index (χ4v) is 3.09. The van der Waals surface area contributed by atoms with Crippen molar-refractivity contribution in [3.8, 4) is 0 Å². The van der Waals surface area contributed by atoms with E-state index in [-0.39, 0.29) is 0 Å². The zero-order valence-corrected chi connectivity index (χ0v) is 12.6. The van der Waals surface area contributed by atoms with Crippen molar-refractivity contribution in [3.05, 3.63) is 44.6 Å². The van der Waals surface area contributed by atoms with E-state index >= 15 is 0 Å². The van der Waals surface area contributed by atoms with Gasteiger partial charge in [-0.1, -0.05) is 0 Å². The third kappa shape index (κ3) is 3.97. The molecule has 1 amide bonds. The van der Waals surface area contributed by atoms with Crippen LogP contribution < -0.4 is 10.6 Å². The first-order valence-electron chi connectivity index (χ1n) is 5.63. The van der Waals surface area contributed by atoms with Crippen LogP contribution in [0.3, 0.4) is 0 Å². The zero-order valence-electron chi connectivity index (χ0n) is 10.2. The summed E-state index contributed by atoms with van der Waals surface area (Å²) in [6, 6.07) is 9.63. The lowest BCUT2D eigenvalue weighted by Crippen LogP contribution is -2.08. The maximum absolute atomic E-state index is 10.6. The minimum absolute atomic E-state index is 0.608. The van der Waals surface area contributed by atoms with Gasteiger partial charge in [0.2, 0.25) is 0 Å². The van der Waals surface area contributed by atoms with Gasteiger partial charge in [-0.05, 0) is 58.7 Å². The molecule has 1 aromatic heterocycles. The maximum Gasteiger partial charge on any atom is 0.409 e. The van der Waals surface area contributed by atoms with Gasteiger partial charge in [0.15, 0.2) is 0 Å². The Hall–Kier alpha value is -1.53. The molecule has 0 fully saturated rings. The summed E-state index contributed by atoms with van der Waals surface area (Å²) < 4.78 is 1.11. The van der Waals surface area contributed by atoms with Crippen LogP contribution in [0.4, 0.5) is 16.2 Å². The molecule has 0 aliphatic heterocycles. The second-order valence-electron chi connectivity index (χ2n) is 4.02. The highest BCUT2D eigenvalue weighted by Gasteiger charge is 2.03. The largest absolute Gasteiger partial charge is 0.465 e. The van der Waals surface area contributed by atoms with Crippen LogP contribution in [0, 0.1) is 6.92 Å². The number of carbonyl (C=O) groups is 1. The van der Waals surface area contributed by atoms with Gasteiger partial charge in [-0.25, -0.2) is 4.79 Å². The van der Waals surface area contributed by atoms with Crippen molar-refractivity contribution in [3.63, 3.8) is 0 Å². The van der Waals surface area contributed by atoms with Gasteiger partial charge in [-0.3, -0.25) is 5.32 Å². The Balaban J connectivity index is 2.01. The number of halogens is 1. The molecule has 6 heteroatoms. The number of carboxylic acid groups (broad SMARTS) is 1. The topological polar surface area (TPSA) is 61.4 Å². The highest BCUT2D eigenvalue weighted by atomic mass is 79.9. The molecule has 4 nitrogen and oxygen atoms in total. The molecule has 1 heterocycles. The Bertz CT molecular complexity index is 598. The van der Waals surface area contributed by atoms with E-state index in [1.165, 1.54) is 4.88 Å². The van der Waals surface area contributed by atoms with Gasteiger partial charge in [-0.2, -0.15) is 0 Å². The molecule has 0 bridgehead atoms. The minimum atomic E-state index is -1.05. The third-order valence-corrected chi connectivity index (χ3v) is 4.19. The Morgan fingerprint density at radius 3 is 2.74 bits per heavy atom. The lowest BCUT2D eigenvalue weighted by atomic mass is 10.2. The van der Waals surface area contributed by atoms with Crippen LogP contribution >= 0.6 is 27.3 Å². The van der Waals surface area contributed by atoms with Crippen molar-refractivity contribution in [2.45, 2.75) is 13.5 Å². The van der Waals surface area contributed by atoms with E-state index in [0.717, 1.165) is 21.6 Å². The van der Waals surface area contributed by atoms with E-state index in [1.807, 2.05) is 25.1 Å². The summed E-state index contributed by atoms with van der Waals surface area (Å²) in [6.07, 6.45) is -1.05. The number of hydrogen-bond donors (Lipinski definition) is 3. The molecule has 2 aromatic rings. The first-order valence-corrected chi connectivity index (χ1v) is 7.24. The quantitative estimate of drug-likeness (QED) is 0.766. The average molecular weight is 341 g/mol. The number of nitrogens with one attached hydrogen (secondary N) is 2. The van der Waals surface area contributed by atoms with Gasteiger partial charge in [0.1, 0.15) is 0 Å². The van der Waals surface area contributed by atoms with Crippen LogP contribution in [0.15, 0.2) is 34.1 Å². The summed E-state index contributed by atoms with van der Waals surface area (Å²) >= 11 is 5.12. The second kappa shape index (κ2) is 6.08. The predicted molar refractivity (Wildman–Crippen MR) is 82.2 cm³/mol. The van der Waals surface area contributed by atoms with Gasteiger partial charge >= 0.3 is 6.09 Å². The van der Waals surface area contributed by atoms with Crippen molar-refractivity contribution < 1.29 is 9.90 Å². The lowest BCUT2D eigenvalue weighted by Gasteiger charge is -2.09. The van der Waals surface area contributed by atoms with E-state index in [4.69, 9.17) is 5.11 Å². The average Bonchev–Trinajstić information content (AvgIpc) is 2.75. The number of benzene rings is 1. The Morgan fingerprint density at radius 2 is 2.16 bits per heavy atom. The van der Waals surface area contributed by atoms with Crippen LogP contribution in [-0.4, -0.2) is 11.2 Å². The molecular formula is C13H13BrN2O2S. The van der Waals surface area contributed by atoms with E-state index in [9.17, 15) is 4.79 Å². The van der Waals surface area contributed by atoms with Crippen molar-refractivity contribution >= 4 is 44.7 Å². The number of thiophene rings is 1. The van der Waals surface area contributed by atoms with Gasteiger partial charge in [0, 0.05) is 22.8 Å². The molecule has 2 rings (SSSR count). The second-order valence-corrected chi connectivity index (χ2v) is 6.57. The van der Waals surface area contributed by atoms with Gasteiger partial charge in [0.25, 0.3) is 0 Å². The molecule has 19 heavy (non-hydrogen) atoms. The van der Waals surface area contributed by atoms with Crippen molar-refractivity contribution in [1.82, 2.24) is 0 Å². The van der Waals surface area contributed by atoms with Crippen LogP contribution in [0.25, 0.3) is 0 Å². The SMILES string of the molecule is Cc1cc(NCc2ccc(Br)s2)ccc1NC(=O)O. The molecule has 3 N–H and O–H groups in total. The number of amides is 1. The highest BCUT2D eigenvalue weighted by molar-refractivity contribution is 9.11. The van der Waals surface area contributed by atoms with E-state index in [0.29, 0.717) is 5.69 Å². The van der Waals surface area contributed by atoms with E-state index in [1.54, 1.807) is 17.4 Å². The smallest absolute Gasteiger partial charge is 0.409 e. The van der Waals surface area contributed by atoms with Crippen molar-refractivity contribution in [2.24, 2.45) is 0 Å². The first-order chi connectivity index (χ1) is 9.04. The maximum atomic E-state index is 10.6. The molecule has 0 saturated heterocycles. The summed E-state index contributed by atoms with van der Waals surface area (Å²) in [5.41, 5.74) is 2.47. The van der Waals surface area contributed by atoms with Crippen molar-refractivity contribution in [1.29, 1.82) is 0 Å². The summed E-state index contributed by atoms with van der Waals surface area (Å²) in [4.78, 5) is 11.8. The number of rotatable bonds is 4. The lowest BCUT2D eigenvalue weighted by molar-refractivity contribution is 0.209. The minimum Gasteiger partial charge on any atom is -0.465 e. The van der Waals surface area contributed by atoms with Crippen molar-refractivity contribution in [2.75, 3.05) is 10.6 Å². The summed E-state index contributed by atoms with van der Waals surface area (Å²) in [5.74, 6) is 0. The highest BCUT2D eigenvalue weighted by Crippen LogP contribution is 2.24. The normalized spacial score (nSPS) is 10.2. The predicted octanol–water partition coefficient (Wildman–Crippen LogP) is 4.52. The van der Waals surface area contributed by atoms with Gasteiger partial charge in [-0.15, -0.1) is 11.3 Å². The number of aryl methyl sites for hydroxylation is 1. The Kier molecular flexibility index (Phi) is 4.44. The monoisotopic (exact) mass is 340 g/mol. The molecule has 0 aliphatic carbocycles. The van der Waals surface area contributed by atoms with Crippen LogP contribution in [0.1, 0.15) is 10.4 Å². The summed E-state index contributed by atoms with van der Waals surface area (Å²) in [7, 11) is 0. The molecule has 0 atom stereocenters. The fraction of sp³-hybridized carbons (Fsp3) is 0.154. The molecule has 0 aliphatic rings. The molecule has 0 unspecified atom stereocenters. The van der Waals surface area contributed by atoms with Crippen LogP contribution in [0.2, 0.25) is 0 Å². The summed E-state index contributed by atoms with van der Waals surface area (Å²) in [6.45, 7) is 2.62. The van der Waals surface area contributed by atoms with E-state index in [2.05, 4.69) is 32.6 Å². The molecule has 100 valence electrons. The van der Waals surface area contributed by atoms with E-state index < -0.39 is 6.09 Å². The Morgan fingerprint density at radius 1 is 1.37 bits per heavy atom. The molecular weight excluding hydrogens is 328 g/mol. The van der Waals surface area contributed by atoms with Crippen LogP contribution in [0.5, 0.6) is 0 Å². The molecule has 0 saturated carbocycles. The third-order valence-electron chi connectivity index (χ3n) is 2.56. The molecule has 0 spiro atoms. The standard InChI is InChI=1S/C13H13BrN2O2S/c1-8-6-9(2-4-11(8)16-13(17)18)15-7-10-3-5-12(14)19-10/h2-6,15-16H,7H2,1H3,(H,17,18). The summed E-state index contributed by atoms with van der Waals surface area (Å²) in [5, 5.41) is 14.4. The first kappa shape index (κ1) is 13.9. The fourth-order valence-electron chi connectivity index (χ4n) is 1.67. The Labute approximate surface area is 123 Å². The molecule has 0 radical (unpaired) electrons. The van der Waals surface area contributed by atoms with Gasteiger partial charge < -0.3 is 10.4 Å². The zero-order chi connectivity index (χ0) is 13.8. The number of anilines is 2. The molecule has 1 aromatic carbocycles. The number of hydrogen-bond acceptors (Lipinski definition) is 3.